The van der Waals surface area contributed by atoms with Crippen molar-refractivity contribution >= 4 is 5.69 Å². The molecule has 0 aliphatic carbocycles. The Morgan fingerprint density at radius 2 is 2.12 bits per heavy atom. The first kappa shape index (κ1) is 11.4. The van der Waals surface area contributed by atoms with Crippen LogP contribution in [0.5, 0.6) is 0 Å². The molecule has 0 spiro atoms. The maximum atomic E-state index is 13.5. The monoisotopic (exact) mass is 240 g/mol. The molecule has 0 atom stereocenters. The lowest BCUT2D eigenvalue weighted by molar-refractivity contribution is 0.564. The summed E-state index contributed by atoms with van der Waals surface area (Å²) in [5, 5.41) is 21.6. The second kappa shape index (κ2) is 4.42. The van der Waals surface area contributed by atoms with Crippen LogP contribution in [0.15, 0.2) is 12.1 Å². The number of aromatic nitrogens is 4. The van der Waals surface area contributed by atoms with Crippen molar-refractivity contribution in [1.29, 1.82) is 0 Å². The van der Waals surface area contributed by atoms with Gasteiger partial charge in [0.25, 0.3) is 0 Å². The molecule has 1 N–H and O–H groups in total. The minimum absolute atomic E-state index is 0.142. The van der Waals surface area contributed by atoms with Gasteiger partial charge in [0.1, 0.15) is 11.5 Å². The fraction of sp³-hybridized carbons (Fsp3) is 0.222. The Balaban J connectivity index is 2.50. The van der Waals surface area contributed by atoms with Crippen molar-refractivity contribution in [3.05, 3.63) is 34.8 Å². The zero-order valence-electron chi connectivity index (χ0n) is 8.81. The quantitative estimate of drug-likeness (QED) is 0.820. The Morgan fingerprint density at radius 1 is 1.35 bits per heavy atom. The first-order chi connectivity index (χ1) is 8.15. The summed E-state index contributed by atoms with van der Waals surface area (Å²) >= 11 is 0. The van der Waals surface area contributed by atoms with Crippen LogP contribution in [0.3, 0.4) is 0 Å². The summed E-state index contributed by atoms with van der Waals surface area (Å²) in [6.45, 7) is 1.81. The largest absolute Gasteiger partial charge is 0.761 e. The first-order valence-corrected chi connectivity index (χ1v) is 4.82. The van der Waals surface area contributed by atoms with E-state index < -0.39 is 11.6 Å². The first-order valence-electron chi connectivity index (χ1n) is 4.82. The van der Waals surface area contributed by atoms with Gasteiger partial charge in [0.2, 0.25) is 0 Å². The lowest BCUT2D eigenvalue weighted by atomic mass is 10.2. The van der Waals surface area contributed by atoms with Crippen molar-refractivity contribution in [1.82, 2.24) is 20.2 Å². The molecule has 0 saturated carbocycles. The van der Waals surface area contributed by atoms with Crippen molar-refractivity contribution in [3.8, 4) is 5.69 Å². The van der Waals surface area contributed by atoms with Crippen molar-refractivity contribution in [3.63, 3.8) is 0 Å². The van der Waals surface area contributed by atoms with Gasteiger partial charge in [-0.1, -0.05) is 6.92 Å². The maximum absolute atomic E-state index is 13.5. The van der Waals surface area contributed by atoms with Crippen LogP contribution in [0.25, 0.3) is 5.69 Å². The van der Waals surface area contributed by atoms with Gasteiger partial charge in [-0.05, 0) is 11.3 Å². The Morgan fingerprint density at radius 3 is 2.71 bits per heavy atom. The smallest absolute Gasteiger partial charge is 0.174 e. The summed E-state index contributed by atoms with van der Waals surface area (Å²) in [4.78, 5) is 0.911. The molecule has 0 radical (unpaired) electrons. The van der Waals surface area contributed by atoms with Crippen LogP contribution in [0.1, 0.15) is 12.7 Å². The lowest BCUT2D eigenvalue weighted by Gasteiger charge is -2.11. The van der Waals surface area contributed by atoms with Crippen LogP contribution >= 0.6 is 0 Å². The average Bonchev–Trinajstić information content (AvgIpc) is 2.78. The number of aryl methyl sites for hydroxylation is 1. The van der Waals surface area contributed by atoms with Crippen LogP contribution in [-0.2, 0) is 6.42 Å². The van der Waals surface area contributed by atoms with Gasteiger partial charge in [-0.25, -0.2) is 8.78 Å². The van der Waals surface area contributed by atoms with E-state index in [0.717, 1.165) is 10.9 Å². The summed E-state index contributed by atoms with van der Waals surface area (Å²) < 4.78 is 26.5. The van der Waals surface area contributed by atoms with Gasteiger partial charge in [-0.15, -0.1) is 15.0 Å². The molecule has 0 aliphatic heterocycles. The SMILES string of the molecule is CCc1nnn(-c2cc(N[O-])c(F)cc2F)n1. The number of benzene rings is 1. The summed E-state index contributed by atoms with van der Waals surface area (Å²) in [6.07, 6.45) is 0.537. The van der Waals surface area contributed by atoms with Crippen LogP contribution in [0.2, 0.25) is 0 Å². The van der Waals surface area contributed by atoms with Gasteiger partial charge >= 0.3 is 0 Å². The highest BCUT2D eigenvalue weighted by atomic mass is 19.1. The van der Waals surface area contributed by atoms with Crippen molar-refractivity contribution in [2.24, 2.45) is 0 Å². The molecule has 1 heterocycles. The number of rotatable bonds is 3. The van der Waals surface area contributed by atoms with E-state index in [9.17, 15) is 14.0 Å². The Bertz CT molecular complexity index is 542. The van der Waals surface area contributed by atoms with Crippen LogP contribution in [0, 0.1) is 16.8 Å². The highest BCUT2D eigenvalue weighted by Crippen LogP contribution is 2.21. The van der Waals surface area contributed by atoms with Crippen LogP contribution < -0.4 is 5.48 Å². The Hall–Kier alpha value is -2.09. The minimum Gasteiger partial charge on any atom is -0.761 e. The third-order valence-corrected chi connectivity index (χ3v) is 2.13. The van der Waals surface area contributed by atoms with Crippen molar-refractivity contribution in [2.75, 3.05) is 5.48 Å². The zero-order chi connectivity index (χ0) is 12.4. The second-order valence-electron chi connectivity index (χ2n) is 3.23. The fourth-order valence-corrected chi connectivity index (χ4v) is 1.26. The number of hydrogen-bond acceptors (Lipinski definition) is 5. The average molecular weight is 240 g/mol. The summed E-state index contributed by atoms with van der Waals surface area (Å²) in [5.41, 5.74) is 0.853. The van der Waals surface area contributed by atoms with E-state index in [2.05, 4.69) is 15.4 Å². The lowest BCUT2D eigenvalue weighted by Crippen LogP contribution is -2.05. The van der Waals surface area contributed by atoms with Gasteiger partial charge in [0.15, 0.2) is 11.6 Å². The number of hydrogen-bond donors (Lipinski definition) is 1. The molecular formula is C9H8F2N5O-. The van der Waals surface area contributed by atoms with Gasteiger partial charge in [-0.3, -0.25) is 0 Å². The Kier molecular flexibility index (Phi) is 2.96. The van der Waals surface area contributed by atoms with Crippen molar-refractivity contribution in [2.45, 2.75) is 13.3 Å². The third kappa shape index (κ3) is 2.07. The van der Waals surface area contributed by atoms with Crippen molar-refractivity contribution < 1.29 is 8.78 Å². The van der Waals surface area contributed by atoms with Gasteiger partial charge in [0.05, 0.1) is 5.69 Å². The zero-order valence-corrected chi connectivity index (χ0v) is 8.81. The van der Waals surface area contributed by atoms with Gasteiger partial charge < -0.3 is 10.7 Å². The molecule has 2 aromatic rings. The van der Waals surface area contributed by atoms with E-state index in [4.69, 9.17) is 0 Å². The number of tetrazole rings is 1. The summed E-state index contributed by atoms with van der Waals surface area (Å²) in [6, 6.07) is 1.57. The summed E-state index contributed by atoms with van der Waals surface area (Å²) in [5.74, 6) is -1.43. The molecule has 2 rings (SSSR count). The maximum Gasteiger partial charge on any atom is 0.174 e. The van der Waals surface area contributed by atoms with E-state index in [1.54, 1.807) is 0 Å². The number of nitrogens with one attached hydrogen (secondary N) is 1. The molecule has 0 fully saturated rings. The molecule has 6 nitrogen and oxygen atoms in total. The molecule has 0 bridgehead atoms. The predicted molar refractivity (Wildman–Crippen MR) is 55.4 cm³/mol. The van der Waals surface area contributed by atoms with E-state index in [1.165, 1.54) is 5.48 Å². The van der Waals surface area contributed by atoms with E-state index in [1.807, 2.05) is 6.92 Å². The summed E-state index contributed by atoms with van der Waals surface area (Å²) in [7, 11) is 0. The van der Waals surface area contributed by atoms with Gasteiger partial charge in [-0.2, -0.15) is 0 Å². The molecule has 8 heteroatoms. The topological polar surface area (TPSA) is 78.7 Å². The molecule has 0 unspecified atom stereocenters. The van der Waals surface area contributed by atoms with E-state index in [-0.39, 0.29) is 11.4 Å². The normalized spacial score (nSPS) is 10.6. The third-order valence-electron chi connectivity index (χ3n) is 2.13. The predicted octanol–water partition coefficient (Wildman–Crippen LogP) is 1.41. The van der Waals surface area contributed by atoms with Crippen LogP contribution in [-0.4, -0.2) is 20.2 Å². The van der Waals surface area contributed by atoms with E-state index in [0.29, 0.717) is 18.3 Å². The minimum atomic E-state index is -0.975. The second-order valence-corrected chi connectivity index (χ2v) is 3.23. The number of nitrogens with zero attached hydrogens (tertiary/aromatic N) is 4. The molecule has 0 aliphatic rings. The molecular weight excluding hydrogens is 232 g/mol. The molecule has 1 aromatic heterocycles. The standard InChI is InChI=1S/C9H8F2N5O/c1-2-9-12-15-16(13-9)8-4-7(14-17)5(10)3-6(8)11/h3-4,14H,2H2,1H3/q-1. The molecule has 0 saturated heterocycles. The van der Waals surface area contributed by atoms with Crippen LogP contribution in [0.4, 0.5) is 14.5 Å². The molecule has 1 aromatic carbocycles. The molecule has 90 valence electrons. The molecule has 17 heavy (non-hydrogen) atoms. The number of anilines is 1. The highest BCUT2D eigenvalue weighted by molar-refractivity contribution is 5.52. The number of halogens is 2. The van der Waals surface area contributed by atoms with E-state index >= 15 is 0 Å². The fourth-order valence-electron chi connectivity index (χ4n) is 1.26. The molecule has 0 amide bonds. The van der Waals surface area contributed by atoms with Gasteiger partial charge in [0, 0.05) is 12.5 Å². The Labute approximate surface area is 94.8 Å². The highest BCUT2D eigenvalue weighted by Gasteiger charge is 2.12.